The number of rotatable bonds is 8. The summed E-state index contributed by atoms with van der Waals surface area (Å²) in [5.74, 6) is -4.37. The van der Waals surface area contributed by atoms with Crippen molar-refractivity contribution in [1.82, 2.24) is 14.7 Å². The first kappa shape index (κ1) is 25.1. The average molecular weight is 495 g/mol. The molecule has 3 rings (SSSR count). The summed E-state index contributed by atoms with van der Waals surface area (Å²) >= 11 is 0. The molecule has 0 radical (unpaired) electrons. The molecule has 34 heavy (non-hydrogen) atoms. The quantitative estimate of drug-likeness (QED) is 0.572. The number of nitrogens with zero attached hydrogens (tertiary/aromatic N) is 4. The Labute approximate surface area is 195 Å². The molecule has 0 aliphatic carbocycles. The molecule has 1 saturated heterocycles. The average Bonchev–Trinajstić information content (AvgIpc) is 3.24. The summed E-state index contributed by atoms with van der Waals surface area (Å²) in [7, 11) is -4.73. The lowest BCUT2D eigenvalue weighted by Gasteiger charge is -2.41. The summed E-state index contributed by atoms with van der Waals surface area (Å²) in [6, 6.07) is 6.50. The molecule has 0 spiro atoms. The molecule has 2 heterocycles. The monoisotopic (exact) mass is 494 g/mol. The Morgan fingerprint density at radius 1 is 1.26 bits per heavy atom. The highest BCUT2D eigenvalue weighted by Crippen LogP contribution is 2.35. The number of sulfone groups is 1. The Balaban J connectivity index is 1.85. The van der Waals surface area contributed by atoms with E-state index in [1.807, 2.05) is 13.0 Å². The number of alkyl halides is 2. The Bertz CT molecular complexity index is 1210. The van der Waals surface area contributed by atoms with Crippen molar-refractivity contribution < 1.29 is 26.8 Å². The smallest absolute Gasteiger partial charge is 0.341 e. The molecule has 1 aromatic carbocycles. The van der Waals surface area contributed by atoms with Crippen molar-refractivity contribution in [2.24, 2.45) is 5.73 Å². The highest BCUT2D eigenvalue weighted by Gasteiger charge is 2.38. The van der Waals surface area contributed by atoms with Crippen molar-refractivity contribution in [2.75, 3.05) is 18.4 Å². The molecule has 10 nitrogen and oxygen atoms in total. The number of carbonyl (C=O) groups is 2. The second-order valence-corrected chi connectivity index (χ2v) is 9.87. The molecule has 3 N–H and O–H groups in total. The predicted molar refractivity (Wildman–Crippen MR) is 118 cm³/mol. The van der Waals surface area contributed by atoms with Crippen LogP contribution in [-0.2, 0) is 20.2 Å². The number of nitrogens with one attached hydrogen (secondary N) is 1. The second-order valence-electron chi connectivity index (χ2n) is 7.95. The van der Waals surface area contributed by atoms with Gasteiger partial charge in [-0.2, -0.15) is 19.1 Å². The van der Waals surface area contributed by atoms with Gasteiger partial charge in [0.2, 0.25) is 15.7 Å². The number of primary amides is 1. The van der Waals surface area contributed by atoms with E-state index in [1.165, 1.54) is 18.3 Å². The Morgan fingerprint density at radius 2 is 1.88 bits per heavy atom. The molecule has 1 aromatic heterocycles. The fraction of sp³-hybridized carbons (Fsp3) is 0.429. The van der Waals surface area contributed by atoms with Crippen LogP contribution in [0.3, 0.4) is 0 Å². The van der Waals surface area contributed by atoms with Crippen LogP contribution in [0.25, 0.3) is 0 Å². The minimum Gasteiger partial charge on any atom is -0.365 e. The fourth-order valence-corrected chi connectivity index (χ4v) is 4.67. The van der Waals surface area contributed by atoms with Crippen LogP contribution in [0.4, 0.5) is 20.3 Å². The summed E-state index contributed by atoms with van der Waals surface area (Å²) in [5.41, 5.74) is 5.46. The lowest BCUT2D eigenvalue weighted by atomic mass is 9.85. The number of hydrogen-bond acceptors (Lipinski definition) is 7. The van der Waals surface area contributed by atoms with Gasteiger partial charge in [-0.25, -0.2) is 8.42 Å². The molecule has 0 unspecified atom stereocenters. The number of nitrogens with two attached hydrogens (primary N) is 1. The highest BCUT2D eigenvalue weighted by atomic mass is 32.2. The normalized spacial score (nSPS) is 15.7. The minimum absolute atomic E-state index is 0.0973. The number of nitriles is 1. The molecular weight excluding hydrogens is 470 g/mol. The highest BCUT2D eigenvalue weighted by molar-refractivity contribution is 7.91. The van der Waals surface area contributed by atoms with E-state index < -0.39 is 31.9 Å². The number of aromatic nitrogens is 2. The lowest BCUT2D eigenvalue weighted by molar-refractivity contribution is -0.132. The van der Waals surface area contributed by atoms with Crippen LogP contribution in [-0.4, -0.2) is 53.8 Å². The number of carbonyl (C=O) groups excluding carboxylic acids is 2. The molecule has 182 valence electrons. The fourth-order valence-electron chi connectivity index (χ4n) is 3.95. The molecule has 0 bridgehead atoms. The Hall–Kier alpha value is -3.53. The zero-order valence-electron chi connectivity index (χ0n) is 18.4. The molecule has 1 aliphatic rings. The summed E-state index contributed by atoms with van der Waals surface area (Å²) in [6.07, 6.45) is 3.11. The van der Waals surface area contributed by atoms with Gasteiger partial charge in [0.05, 0.1) is 16.5 Å². The second kappa shape index (κ2) is 9.76. The van der Waals surface area contributed by atoms with E-state index in [1.54, 1.807) is 9.58 Å². The van der Waals surface area contributed by atoms with Gasteiger partial charge in [0.15, 0.2) is 5.82 Å². The molecule has 1 fully saturated rings. The maximum Gasteiger partial charge on any atom is 0.341 e. The Morgan fingerprint density at radius 3 is 2.38 bits per heavy atom. The van der Waals surface area contributed by atoms with Crippen LogP contribution in [0.2, 0.25) is 0 Å². The molecule has 0 saturated carbocycles. The number of hydrogen-bond donors (Lipinski definition) is 2. The summed E-state index contributed by atoms with van der Waals surface area (Å²) in [6.45, 7) is 2.83. The largest absolute Gasteiger partial charge is 0.365 e. The Kier molecular flexibility index (Phi) is 7.21. The number of benzene rings is 1. The lowest BCUT2D eigenvalue weighted by Crippen LogP contribution is -2.48. The summed E-state index contributed by atoms with van der Waals surface area (Å²) in [4.78, 5) is 25.2. The van der Waals surface area contributed by atoms with Gasteiger partial charge in [-0.1, -0.05) is 6.92 Å². The van der Waals surface area contributed by atoms with Crippen LogP contribution in [0.5, 0.6) is 0 Å². The van der Waals surface area contributed by atoms with E-state index in [2.05, 4.69) is 10.4 Å². The molecule has 1 aliphatic heterocycles. The summed E-state index contributed by atoms with van der Waals surface area (Å²) < 4.78 is 50.3. The first-order chi connectivity index (χ1) is 16.0. The van der Waals surface area contributed by atoms with Gasteiger partial charge in [-0.3, -0.25) is 14.3 Å². The summed E-state index contributed by atoms with van der Waals surface area (Å²) in [5, 5.41) is 16.2. The van der Waals surface area contributed by atoms with Gasteiger partial charge >= 0.3 is 5.76 Å². The number of anilines is 2. The van der Waals surface area contributed by atoms with Crippen molar-refractivity contribution in [1.29, 1.82) is 5.26 Å². The third-order valence-electron chi connectivity index (χ3n) is 6.08. The third-order valence-corrected chi connectivity index (χ3v) is 7.48. The van der Waals surface area contributed by atoms with Gasteiger partial charge in [-0.05, 0) is 43.5 Å². The maximum atomic E-state index is 12.7. The van der Waals surface area contributed by atoms with E-state index >= 15 is 0 Å². The standard InChI is InChI=1S/C21H24F2N6O4S/c1-2-21(8-11-28(12-9-21)17(30)7-10-24)29-13-16(18(25)31)19(27-29)26-14-3-5-15(6-4-14)34(32,33)20(22)23/h3-6,13,20H,2,7-9,11-12H2,1H3,(H2,25,31)(H,26,27). The van der Waals surface area contributed by atoms with Crippen molar-refractivity contribution in [3.05, 3.63) is 36.0 Å². The zero-order chi connectivity index (χ0) is 25.1. The molecule has 2 amide bonds. The van der Waals surface area contributed by atoms with Crippen LogP contribution >= 0.6 is 0 Å². The number of halogens is 2. The van der Waals surface area contributed by atoms with E-state index in [4.69, 9.17) is 11.0 Å². The van der Waals surface area contributed by atoms with Gasteiger partial charge in [0, 0.05) is 25.0 Å². The van der Waals surface area contributed by atoms with E-state index in [0.29, 0.717) is 38.0 Å². The van der Waals surface area contributed by atoms with Gasteiger partial charge in [0.25, 0.3) is 5.91 Å². The molecular formula is C21H24F2N6O4S. The molecule has 2 aromatic rings. The maximum absolute atomic E-state index is 12.7. The van der Waals surface area contributed by atoms with Crippen molar-refractivity contribution in [3.63, 3.8) is 0 Å². The van der Waals surface area contributed by atoms with Crippen LogP contribution in [0.15, 0.2) is 35.4 Å². The van der Waals surface area contributed by atoms with E-state index in [9.17, 15) is 26.8 Å². The van der Waals surface area contributed by atoms with Gasteiger partial charge in [0.1, 0.15) is 12.0 Å². The minimum atomic E-state index is -4.73. The van der Waals surface area contributed by atoms with E-state index in [0.717, 1.165) is 12.1 Å². The number of piperidine rings is 1. The van der Waals surface area contributed by atoms with Gasteiger partial charge in [-0.15, -0.1) is 0 Å². The third kappa shape index (κ3) is 4.86. The predicted octanol–water partition coefficient (Wildman–Crippen LogP) is 2.36. The van der Waals surface area contributed by atoms with Crippen LogP contribution in [0.1, 0.15) is 43.0 Å². The van der Waals surface area contributed by atoms with Crippen LogP contribution in [0, 0.1) is 11.3 Å². The topological polar surface area (TPSA) is 151 Å². The molecule has 0 atom stereocenters. The first-order valence-corrected chi connectivity index (χ1v) is 12.0. The van der Waals surface area contributed by atoms with Crippen molar-refractivity contribution in [3.8, 4) is 6.07 Å². The number of amides is 2. The molecule has 13 heteroatoms. The van der Waals surface area contributed by atoms with Crippen molar-refractivity contribution in [2.45, 2.75) is 48.8 Å². The van der Waals surface area contributed by atoms with E-state index in [-0.39, 0.29) is 23.7 Å². The zero-order valence-corrected chi connectivity index (χ0v) is 19.2. The number of likely N-dealkylation sites (tertiary alicyclic amines) is 1. The first-order valence-electron chi connectivity index (χ1n) is 10.5. The van der Waals surface area contributed by atoms with Gasteiger partial charge < -0.3 is 16.0 Å². The van der Waals surface area contributed by atoms with Crippen LogP contribution < -0.4 is 11.1 Å². The van der Waals surface area contributed by atoms with Crippen molar-refractivity contribution >= 4 is 33.2 Å². The SMILES string of the molecule is CCC1(n2cc(C(N)=O)c(Nc3ccc(S(=O)(=O)C(F)F)cc3)n2)CCN(C(=O)CC#N)CC1.